The van der Waals surface area contributed by atoms with Crippen LogP contribution in [0.25, 0.3) is 0 Å². The Morgan fingerprint density at radius 3 is 2.44 bits per heavy atom. The number of halogens is 2. The van der Waals surface area contributed by atoms with Crippen LogP contribution in [-0.4, -0.2) is 20.1 Å². The average Bonchev–Trinajstić information content (AvgIpc) is 2.30. The molecule has 16 heavy (non-hydrogen) atoms. The zero-order valence-electron chi connectivity index (χ0n) is 9.30. The molecule has 0 spiro atoms. The number of hydrogen-bond acceptors (Lipinski definition) is 3. The van der Waals surface area contributed by atoms with Crippen molar-refractivity contribution in [3.8, 4) is 0 Å². The van der Waals surface area contributed by atoms with Gasteiger partial charge in [-0.1, -0.05) is 29.3 Å². The molecule has 1 rings (SSSR count). The molecule has 3 nitrogen and oxygen atoms in total. The summed E-state index contributed by atoms with van der Waals surface area (Å²) < 4.78 is 4.75. The molecule has 0 aromatic heterocycles. The molecule has 0 unspecified atom stereocenters. The molecule has 0 amide bonds. The molecule has 1 aromatic carbocycles. The van der Waals surface area contributed by atoms with Crippen molar-refractivity contribution in [3.63, 3.8) is 0 Å². The Hall–Kier alpha value is -0.770. The molecule has 88 valence electrons. The number of likely N-dealkylation sites (N-methyl/N-ethyl adjacent to an activating group) is 1. The Morgan fingerprint density at radius 1 is 1.38 bits per heavy atom. The summed E-state index contributed by atoms with van der Waals surface area (Å²) in [6.07, 6.45) is 0. The van der Waals surface area contributed by atoms with E-state index in [0.717, 1.165) is 0 Å². The molecule has 1 aromatic rings. The van der Waals surface area contributed by atoms with Gasteiger partial charge in [-0.3, -0.25) is 0 Å². The number of hydrogen-bond donors (Lipinski definition) is 1. The fourth-order valence-electron chi connectivity index (χ4n) is 1.38. The largest absolute Gasteiger partial charge is 0.467 e. The Morgan fingerprint density at radius 2 is 2.00 bits per heavy atom. The van der Waals surface area contributed by atoms with Gasteiger partial charge in [0.1, 0.15) is 5.54 Å². The van der Waals surface area contributed by atoms with Crippen molar-refractivity contribution in [2.75, 3.05) is 14.2 Å². The van der Waals surface area contributed by atoms with E-state index < -0.39 is 5.54 Å². The quantitative estimate of drug-likeness (QED) is 0.851. The summed E-state index contributed by atoms with van der Waals surface area (Å²) in [5.41, 5.74) is -0.223. The fourth-order valence-corrected chi connectivity index (χ4v) is 1.67. The summed E-state index contributed by atoms with van der Waals surface area (Å²) in [4.78, 5) is 11.7. The predicted molar refractivity (Wildman–Crippen MR) is 64.9 cm³/mol. The molecule has 1 atom stereocenters. The van der Waals surface area contributed by atoms with Crippen molar-refractivity contribution in [1.29, 1.82) is 0 Å². The highest BCUT2D eigenvalue weighted by molar-refractivity contribution is 6.42. The first-order chi connectivity index (χ1) is 7.45. The minimum atomic E-state index is -0.928. The maximum atomic E-state index is 11.7. The number of methoxy groups -OCH3 is 1. The van der Waals surface area contributed by atoms with Gasteiger partial charge in [-0.2, -0.15) is 0 Å². The van der Waals surface area contributed by atoms with Crippen LogP contribution in [0, 0.1) is 0 Å². The number of carbonyl (C=O) groups excluding carboxylic acids is 1. The number of ether oxygens (including phenoxy) is 1. The van der Waals surface area contributed by atoms with E-state index in [2.05, 4.69) is 5.32 Å². The molecule has 1 N–H and O–H groups in total. The van der Waals surface area contributed by atoms with Gasteiger partial charge in [-0.15, -0.1) is 0 Å². The Balaban J connectivity index is 3.23. The molecule has 0 radical (unpaired) electrons. The lowest BCUT2D eigenvalue weighted by Crippen LogP contribution is -2.45. The van der Waals surface area contributed by atoms with Gasteiger partial charge in [0.05, 0.1) is 17.2 Å². The summed E-state index contributed by atoms with van der Waals surface area (Å²) in [6, 6.07) is 5.04. The van der Waals surface area contributed by atoms with Crippen LogP contribution in [0.1, 0.15) is 12.5 Å². The second-order valence-corrected chi connectivity index (χ2v) is 4.31. The van der Waals surface area contributed by atoms with Crippen molar-refractivity contribution in [3.05, 3.63) is 33.8 Å². The lowest BCUT2D eigenvalue weighted by Gasteiger charge is -2.26. The van der Waals surface area contributed by atoms with Gasteiger partial charge in [0.15, 0.2) is 0 Å². The molecule has 0 saturated heterocycles. The lowest BCUT2D eigenvalue weighted by atomic mass is 9.92. The van der Waals surface area contributed by atoms with Crippen molar-refractivity contribution in [2.24, 2.45) is 0 Å². The van der Waals surface area contributed by atoms with E-state index in [4.69, 9.17) is 27.9 Å². The number of rotatable bonds is 3. The highest BCUT2D eigenvalue weighted by Crippen LogP contribution is 2.29. The topological polar surface area (TPSA) is 38.3 Å². The first kappa shape index (κ1) is 13.3. The lowest BCUT2D eigenvalue weighted by molar-refractivity contribution is -0.148. The van der Waals surface area contributed by atoms with Gasteiger partial charge in [-0.05, 0) is 31.7 Å². The first-order valence-electron chi connectivity index (χ1n) is 4.68. The average molecular weight is 262 g/mol. The van der Waals surface area contributed by atoms with Gasteiger partial charge in [0.2, 0.25) is 0 Å². The second kappa shape index (κ2) is 5.04. The van der Waals surface area contributed by atoms with E-state index in [1.165, 1.54) is 7.11 Å². The number of carbonyl (C=O) groups is 1. The molecule has 0 heterocycles. The third kappa shape index (κ3) is 2.32. The van der Waals surface area contributed by atoms with Gasteiger partial charge in [0, 0.05) is 0 Å². The van der Waals surface area contributed by atoms with Gasteiger partial charge < -0.3 is 10.1 Å². The summed E-state index contributed by atoms with van der Waals surface area (Å²) in [6.45, 7) is 1.72. The van der Waals surface area contributed by atoms with Crippen LogP contribution in [0.3, 0.4) is 0 Å². The van der Waals surface area contributed by atoms with Crippen molar-refractivity contribution in [2.45, 2.75) is 12.5 Å². The minimum absolute atomic E-state index is 0.381. The number of nitrogens with one attached hydrogen (secondary N) is 1. The summed E-state index contributed by atoms with van der Waals surface area (Å²) in [5, 5.41) is 3.78. The zero-order chi connectivity index (χ0) is 12.3. The minimum Gasteiger partial charge on any atom is -0.467 e. The van der Waals surface area contributed by atoms with E-state index in [9.17, 15) is 4.79 Å². The van der Waals surface area contributed by atoms with Gasteiger partial charge >= 0.3 is 5.97 Å². The summed E-state index contributed by atoms with van der Waals surface area (Å²) >= 11 is 11.7. The van der Waals surface area contributed by atoms with Gasteiger partial charge in [-0.25, -0.2) is 4.79 Å². The highest BCUT2D eigenvalue weighted by atomic mass is 35.5. The van der Waals surface area contributed by atoms with Crippen LogP contribution in [0.2, 0.25) is 10.0 Å². The smallest absolute Gasteiger partial charge is 0.330 e. The van der Waals surface area contributed by atoms with Crippen LogP contribution in [0.4, 0.5) is 0 Å². The molecule has 0 aliphatic rings. The molecular formula is C11H13Cl2NO2. The molecule has 0 saturated carbocycles. The zero-order valence-corrected chi connectivity index (χ0v) is 10.8. The number of esters is 1. The maximum Gasteiger partial charge on any atom is 0.330 e. The highest BCUT2D eigenvalue weighted by Gasteiger charge is 2.34. The van der Waals surface area contributed by atoms with Crippen molar-refractivity contribution in [1.82, 2.24) is 5.32 Å². The maximum absolute atomic E-state index is 11.7. The Bertz CT molecular complexity index is 409. The molecule has 0 aliphatic carbocycles. The van der Waals surface area contributed by atoms with Crippen LogP contribution < -0.4 is 5.32 Å². The monoisotopic (exact) mass is 261 g/mol. The molecular weight excluding hydrogens is 249 g/mol. The van der Waals surface area contributed by atoms with E-state index >= 15 is 0 Å². The third-order valence-corrected chi connectivity index (χ3v) is 3.33. The SMILES string of the molecule is CN[C@@](C)(C(=O)OC)c1ccc(Cl)c(Cl)c1. The van der Waals surface area contributed by atoms with Crippen LogP contribution >= 0.6 is 23.2 Å². The second-order valence-electron chi connectivity index (χ2n) is 3.50. The van der Waals surface area contributed by atoms with Gasteiger partial charge in [0.25, 0.3) is 0 Å². The molecule has 5 heteroatoms. The molecule has 0 bridgehead atoms. The molecule has 0 aliphatic heterocycles. The standard InChI is InChI=1S/C11H13Cl2NO2/c1-11(14-2,10(15)16-3)7-4-5-8(12)9(13)6-7/h4-6,14H,1-3H3/t11-/m1/s1. The first-order valence-corrected chi connectivity index (χ1v) is 5.44. The van der Waals surface area contributed by atoms with E-state index in [0.29, 0.717) is 15.6 Å². The summed E-state index contributed by atoms with van der Waals surface area (Å²) in [5.74, 6) is -0.381. The number of benzene rings is 1. The third-order valence-electron chi connectivity index (χ3n) is 2.59. The normalized spacial score (nSPS) is 14.3. The molecule has 0 fully saturated rings. The van der Waals surface area contributed by atoms with E-state index in [1.54, 1.807) is 32.2 Å². The van der Waals surface area contributed by atoms with Crippen LogP contribution in [0.5, 0.6) is 0 Å². The predicted octanol–water partition coefficient (Wildman–Crippen LogP) is 2.60. The van der Waals surface area contributed by atoms with Crippen molar-refractivity contribution >= 4 is 29.2 Å². The Kier molecular flexibility index (Phi) is 4.19. The van der Waals surface area contributed by atoms with E-state index in [1.807, 2.05) is 0 Å². The Labute approximate surface area is 105 Å². The van der Waals surface area contributed by atoms with Crippen molar-refractivity contribution < 1.29 is 9.53 Å². The van der Waals surface area contributed by atoms with Crippen LogP contribution in [0.15, 0.2) is 18.2 Å². The fraction of sp³-hybridized carbons (Fsp3) is 0.364. The summed E-state index contributed by atoms with van der Waals surface area (Å²) in [7, 11) is 3.02. The van der Waals surface area contributed by atoms with Crippen LogP contribution in [-0.2, 0) is 15.1 Å². The van der Waals surface area contributed by atoms with E-state index in [-0.39, 0.29) is 5.97 Å².